The van der Waals surface area contributed by atoms with Crippen LogP contribution in [0, 0.1) is 31.0 Å². The van der Waals surface area contributed by atoms with E-state index in [9.17, 15) is 4.39 Å². The summed E-state index contributed by atoms with van der Waals surface area (Å²) in [6, 6.07) is 4.90. The van der Waals surface area contributed by atoms with Crippen LogP contribution in [0.2, 0.25) is 10.0 Å². The Morgan fingerprint density at radius 1 is 1.26 bits per heavy atom. The van der Waals surface area contributed by atoms with E-state index in [1.165, 1.54) is 12.1 Å². The van der Waals surface area contributed by atoms with Crippen molar-refractivity contribution in [1.29, 1.82) is 5.26 Å². The monoisotopic (exact) mass is 297 g/mol. The molecule has 0 aliphatic carbocycles. The van der Waals surface area contributed by atoms with Gasteiger partial charge in [-0.2, -0.15) is 5.26 Å². The fourth-order valence-electron chi connectivity index (χ4n) is 1.98. The molecule has 0 amide bonds. The molecule has 2 N–H and O–H groups in total. The van der Waals surface area contributed by atoms with Gasteiger partial charge in [0.2, 0.25) is 0 Å². The minimum absolute atomic E-state index is 0.0915. The maximum absolute atomic E-state index is 13.4. The van der Waals surface area contributed by atoms with Crippen LogP contribution >= 0.6 is 23.2 Å². The zero-order valence-electron chi connectivity index (χ0n) is 10.3. The Hall–Kier alpha value is -1.70. The molecule has 0 fully saturated rings. The number of hydrogen-bond donors (Lipinski definition) is 1. The van der Waals surface area contributed by atoms with E-state index < -0.39 is 5.82 Å². The van der Waals surface area contributed by atoms with E-state index in [0.717, 1.165) is 11.3 Å². The average Bonchev–Trinajstić information content (AvgIpc) is 2.57. The van der Waals surface area contributed by atoms with Gasteiger partial charge in [-0.25, -0.2) is 4.39 Å². The third-order valence-corrected chi connectivity index (χ3v) is 3.64. The zero-order valence-corrected chi connectivity index (χ0v) is 11.8. The van der Waals surface area contributed by atoms with Gasteiger partial charge in [0.1, 0.15) is 11.9 Å². The highest BCUT2D eigenvalue weighted by atomic mass is 35.5. The number of nitrogens with zero attached hydrogens (tertiary/aromatic N) is 2. The van der Waals surface area contributed by atoms with Crippen molar-refractivity contribution in [2.75, 3.05) is 5.73 Å². The minimum atomic E-state index is -0.673. The normalized spacial score (nSPS) is 10.5. The number of nitrogen functional groups attached to an aromatic ring is 1. The van der Waals surface area contributed by atoms with Crippen LogP contribution in [0.15, 0.2) is 12.1 Å². The molecule has 0 aliphatic heterocycles. The highest BCUT2D eigenvalue weighted by Crippen LogP contribution is 2.32. The van der Waals surface area contributed by atoms with Crippen LogP contribution in [0.4, 0.5) is 10.2 Å². The predicted octanol–water partition coefficient (Wildman–Crippen LogP) is 3.99. The standard InChI is InChI=1S/C13H10Cl2FN3/c1-6-7(2)19(13(18)9(6)5-17)8-3-10(14)12(16)11(15)4-8/h3-4H,18H2,1-2H3. The maximum atomic E-state index is 13.4. The fourth-order valence-corrected chi connectivity index (χ4v) is 2.45. The number of rotatable bonds is 1. The van der Waals surface area contributed by atoms with Gasteiger partial charge in [0.15, 0.2) is 5.82 Å². The molecule has 0 saturated carbocycles. The van der Waals surface area contributed by atoms with E-state index in [1.807, 2.05) is 13.0 Å². The van der Waals surface area contributed by atoms with Crippen molar-refractivity contribution in [3.63, 3.8) is 0 Å². The summed E-state index contributed by atoms with van der Waals surface area (Å²) in [5.74, 6) is -0.385. The molecule has 2 rings (SSSR count). The van der Waals surface area contributed by atoms with E-state index >= 15 is 0 Å². The molecule has 1 aromatic heterocycles. The van der Waals surface area contributed by atoms with Crippen LogP contribution in [0.1, 0.15) is 16.8 Å². The quantitative estimate of drug-likeness (QED) is 0.809. The second-order valence-corrected chi connectivity index (χ2v) is 4.96. The Labute approximate surface area is 120 Å². The first-order chi connectivity index (χ1) is 8.88. The minimum Gasteiger partial charge on any atom is -0.384 e. The van der Waals surface area contributed by atoms with Gasteiger partial charge in [-0.15, -0.1) is 0 Å². The average molecular weight is 298 g/mol. The van der Waals surface area contributed by atoms with Gasteiger partial charge in [-0.3, -0.25) is 4.57 Å². The number of hydrogen-bond acceptors (Lipinski definition) is 2. The van der Waals surface area contributed by atoms with Gasteiger partial charge in [0.05, 0.1) is 21.3 Å². The molecule has 3 nitrogen and oxygen atoms in total. The summed E-state index contributed by atoms with van der Waals surface area (Å²) >= 11 is 11.6. The van der Waals surface area contributed by atoms with Gasteiger partial charge in [0.25, 0.3) is 0 Å². The SMILES string of the molecule is Cc1c(C#N)c(N)n(-c2cc(Cl)c(F)c(Cl)c2)c1C. The van der Waals surface area contributed by atoms with Gasteiger partial charge in [-0.1, -0.05) is 23.2 Å². The van der Waals surface area contributed by atoms with E-state index in [4.69, 9.17) is 34.2 Å². The van der Waals surface area contributed by atoms with Crippen LogP contribution in [0.5, 0.6) is 0 Å². The fraction of sp³-hybridized carbons (Fsp3) is 0.154. The number of nitriles is 1. The lowest BCUT2D eigenvalue weighted by Gasteiger charge is -2.11. The molecule has 0 aliphatic rings. The lowest BCUT2D eigenvalue weighted by atomic mass is 10.2. The van der Waals surface area contributed by atoms with Gasteiger partial charge >= 0.3 is 0 Å². The van der Waals surface area contributed by atoms with Gasteiger partial charge in [-0.05, 0) is 31.5 Å². The van der Waals surface area contributed by atoms with Crippen molar-refractivity contribution < 1.29 is 4.39 Å². The topological polar surface area (TPSA) is 54.7 Å². The Bertz CT molecular complexity index is 691. The predicted molar refractivity (Wildman–Crippen MR) is 74.3 cm³/mol. The molecular formula is C13H10Cl2FN3. The van der Waals surface area contributed by atoms with Crippen LogP contribution in [-0.4, -0.2) is 4.57 Å². The molecule has 0 saturated heterocycles. The Morgan fingerprint density at radius 2 is 1.79 bits per heavy atom. The largest absolute Gasteiger partial charge is 0.384 e. The van der Waals surface area contributed by atoms with Crippen molar-refractivity contribution in [3.8, 4) is 11.8 Å². The molecule has 0 radical (unpaired) electrons. The van der Waals surface area contributed by atoms with Crippen molar-refractivity contribution in [3.05, 3.63) is 44.8 Å². The van der Waals surface area contributed by atoms with Crippen molar-refractivity contribution >= 4 is 29.0 Å². The van der Waals surface area contributed by atoms with Crippen LogP contribution in [0.3, 0.4) is 0 Å². The first-order valence-electron chi connectivity index (χ1n) is 5.40. The van der Waals surface area contributed by atoms with Crippen LogP contribution < -0.4 is 5.73 Å². The summed E-state index contributed by atoms with van der Waals surface area (Å²) in [6.07, 6.45) is 0. The molecule has 0 spiro atoms. The second-order valence-electron chi connectivity index (χ2n) is 4.14. The molecular weight excluding hydrogens is 288 g/mol. The summed E-state index contributed by atoms with van der Waals surface area (Å²) in [5.41, 5.74) is 8.43. The molecule has 2 aromatic rings. The number of aromatic nitrogens is 1. The Morgan fingerprint density at radius 3 is 2.21 bits per heavy atom. The molecule has 0 bridgehead atoms. The van der Waals surface area contributed by atoms with Crippen molar-refractivity contribution in [2.45, 2.75) is 13.8 Å². The molecule has 0 unspecified atom stereocenters. The molecule has 6 heteroatoms. The van der Waals surface area contributed by atoms with Gasteiger partial charge in [0, 0.05) is 5.69 Å². The highest BCUT2D eigenvalue weighted by Gasteiger charge is 2.18. The first-order valence-corrected chi connectivity index (χ1v) is 6.16. The summed E-state index contributed by atoms with van der Waals surface area (Å²) in [7, 11) is 0. The molecule has 19 heavy (non-hydrogen) atoms. The van der Waals surface area contributed by atoms with Crippen LogP contribution in [0.25, 0.3) is 5.69 Å². The highest BCUT2D eigenvalue weighted by molar-refractivity contribution is 6.35. The number of benzene rings is 1. The third kappa shape index (κ3) is 2.05. The number of nitrogens with two attached hydrogens (primary N) is 1. The Balaban J connectivity index is 2.77. The van der Waals surface area contributed by atoms with E-state index in [-0.39, 0.29) is 15.9 Å². The Kier molecular flexibility index (Phi) is 3.44. The molecule has 0 atom stereocenters. The summed E-state index contributed by atoms with van der Waals surface area (Å²) in [5, 5.41) is 8.90. The van der Waals surface area contributed by atoms with Crippen molar-refractivity contribution in [1.82, 2.24) is 4.57 Å². The number of anilines is 1. The number of halogens is 3. The lowest BCUT2D eigenvalue weighted by molar-refractivity contribution is 0.628. The van der Waals surface area contributed by atoms with Gasteiger partial charge < -0.3 is 5.73 Å². The van der Waals surface area contributed by atoms with E-state index in [1.54, 1.807) is 11.5 Å². The molecule has 98 valence electrons. The summed E-state index contributed by atoms with van der Waals surface area (Å²) in [4.78, 5) is 0. The maximum Gasteiger partial charge on any atom is 0.160 e. The van der Waals surface area contributed by atoms with E-state index in [0.29, 0.717) is 11.3 Å². The smallest absolute Gasteiger partial charge is 0.160 e. The lowest BCUT2D eigenvalue weighted by Crippen LogP contribution is -2.03. The van der Waals surface area contributed by atoms with E-state index in [2.05, 4.69) is 0 Å². The van der Waals surface area contributed by atoms with Crippen molar-refractivity contribution in [2.24, 2.45) is 0 Å². The van der Waals surface area contributed by atoms with Crippen LogP contribution in [-0.2, 0) is 0 Å². The molecule has 1 heterocycles. The summed E-state index contributed by atoms with van der Waals surface area (Å²) in [6.45, 7) is 3.62. The molecule has 1 aromatic carbocycles. The third-order valence-electron chi connectivity index (χ3n) is 3.09. The second kappa shape index (κ2) is 4.76. The summed E-state index contributed by atoms with van der Waals surface area (Å²) < 4.78 is 15.1. The zero-order chi connectivity index (χ0) is 14.3. The first kappa shape index (κ1) is 13.7.